The Labute approximate surface area is 116 Å². The highest BCUT2D eigenvalue weighted by Gasteiger charge is 2.16. The molecule has 0 spiro atoms. The van der Waals surface area contributed by atoms with E-state index in [-0.39, 0.29) is 17.6 Å². The Kier molecular flexibility index (Phi) is 4.16. The van der Waals surface area contributed by atoms with Gasteiger partial charge in [-0.05, 0) is 6.92 Å². The molecule has 20 heavy (non-hydrogen) atoms. The summed E-state index contributed by atoms with van der Waals surface area (Å²) in [5.74, 6) is 1.83. The van der Waals surface area contributed by atoms with E-state index in [1.165, 1.54) is 0 Å². The molecule has 1 N–H and O–H groups in total. The van der Waals surface area contributed by atoms with Crippen LogP contribution >= 0.6 is 0 Å². The summed E-state index contributed by atoms with van der Waals surface area (Å²) in [5.41, 5.74) is 0.585. The third kappa shape index (κ3) is 3.23. The number of nitrogens with one attached hydrogen (secondary N) is 1. The van der Waals surface area contributed by atoms with Crippen LogP contribution in [0.4, 0.5) is 0 Å². The minimum absolute atomic E-state index is 0.200. The number of rotatable bonds is 5. The summed E-state index contributed by atoms with van der Waals surface area (Å²) < 4.78 is 10.3. The van der Waals surface area contributed by atoms with Gasteiger partial charge in [0.15, 0.2) is 11.7 Å². The van der Waals surface area contributed by atoms with Crippen molar-refractivity contribution in [3.8, 4) is 0 Å². The van der Waals surface area contributed by atoms with Gasteiger partial charge in [0.1, 0.15) is 0 Å². The number of aromatic nitrogens is 3. The molecule has 7 heteroatoms. The lowest BCUT2D eigenvalue weighted by Gasteiger charge is -2.00. The zero-order valence-electron chi connectivity index (χ0n) is 12.1. The van der Waals surface area contributed by atoms with Gasteiger partial charge in [0.2, 0.25) is 11.7 Å². The molecule has 2 aromatic heterocycles. The summed E-state index contributed by atoms with van der Waals surface area (Å²) in [7, 11) is 0. The highest BCUT2D eigenvalue weighted by atomic mass is 16.5. The van der Waals surface area contributed by atoms with E-state index >= 15 is 0 Å². The number of oxazole rings is 1. The maximum absolute atomic E-state index is 11.9. The van der Waals surface area contributed by atoms with E-state index in [4.69, 9.17) is 8.94 Å². The molecule has 0 bridgehead atoms. The van der Waals surface area contributed by atoms with Gasteiger partial charge >= 0.3 is 0 Å². The summed E-state index contributed by atoms with van der Waals surface area (Å²) in [6, 6.07) is 0. The van der Waals surface area contributed by atoms with Crippen LogP contribution in [0.1, 0.15) is 53.6 Å². The zero-order valence-corrected chi connectivity index (χ0v) is 12.1. The number of carbonyl (C=O) groups excluding carboxylic acids is 1. The molecule has 108 valence electrons. The smallest absolute Gasteiger partial charge is 0.289 e. The maximum Gasteiger partial charge on any atom is 0.289 e. The molecule has 2 heterocycles. The fraction of sp³-hybridized carbons (Fsp3) is 0.538. The topological polar surface area (TPSA) is 94.1 Å². The molecule has 0 saturated carbocycles. The van der Waals surface area contributed by atoms with Crippen molar-refractivity contribution in [2.75, 3.05) is 6.54 Å². The Bertz CT molecular complexity index is 601. The van der Waals surface area contributed by atoms with Crippen LogP contribution < -0.4 is 5.32 Å². The first-order chi connectivity index (χ1) is 9.47. The van der Waals surface area contributed by atoms with Crippen molar-refractivity contribution < 1.29 is 13.7 Å². The molecule has 1 amide bonds. The lowest BCUT2D eigenvalue weighted by atomic mass is 10.2. The Morgan fingerprint density at radius 1 is 1.30 bits per heavy atom. The molecule has 0 saturated heterocycles. The second-order valence-corrected chi connectivity index (χ2v) is 4.86. The van der Waals surface area contributed by atoms with Crippen molar-refractivity contribution in [3.63, 3.8) is 0 Å². The van der Waals surface area contributed by atoms with Crippen LogP contribution in [0.25, 0.3) is 0 Å². The van der Waals surface area contributed by atoms with Gasteiger partial charge in [-0.25, -0.2) is 4.98 Å². The van der Waals surface area contributed by atoms with Crippen LogP contribution in [0.15, 0.2) is 8.94 Å². The Balaban J connectivity index is 1.86. The van der Waals surface area contributed by atoms with E-state index in [1.54, 1.807) is 13.8 Å². The van der Waals surface area contributed by atoms with Gasteiger partial charge in [0.05, 0.1) is 5.69 Å². The van der Waals surface area contributed by atoms with Gasteiger partial charge in [0, 0.05) is 25.8 Å². The van der Waals surface area contributed by atoms with Gasteiger partial charge in [-0.3, -0.25) is 4.79 Å². The second-order valence-electron chi connectivity index (χ2n) is 4.86. The summed E-state index contributed by atoms with van der Waals surface area (Å²) >= 11 is 0. The predicted molar refractivity (Wildman–Crippen MR) is 70.4 cm³/mol. The molecule has 0 atom stereocenters. The monoisotopic (exact) mass is 278 g/mol. The van der Waals surface area contributed by atoms with Crippen LogP contribution in [0.3, 0.4) is 0 Å². The molecule has 0 aliphatic carbocycles. The third-order valence-electron chi connectivity index (χ3n) is 2.72. The van der Waals surface area contributed by atoms with Crippen molar-refractivity contribution in [1.29, 1.82) is 0 Å². The van der Waals surface area contributed by atoms with Gasteiger partial charge in [0.25, 0.3) is 5.91 Å². The second kappa shape index (κ2) is 5.85. The molecule has 0 unspecified atom stereocenters. The molecule has 0 radical (unpaired) electrons. The first-order valence-electron chi connectivity index (χ1n) is 6.52. The summed E-state index contributed by atoms with van der Waals surface area (Å²) in [6.07, 6.45) is 0.508. The fourth-order valence-electron chi connectivity index (χ4n) is 1.71. The molecule has 2 aromatic rings. The van der Waals surface area contributed by atoms with Gasteiger partial charge in [-0.15, -0.1) is 0 Å². The largest absolute Gasteiger partial charge is 0.436 e. The molecule has 0 aliphatic heterocycles. The number of aryl methyl sites for hydroxylation is 2. The van der Waals surface area contributed by atoms with Crippen LogP contribution in [0.2, 0.25) is 0 Å². The number of hydrogen-bond donors (Lipinski definition) is 1. The van der Waals surface area contributed by atoms with Crippen molar-refractivity contribution in [1.82, 2.24) is 20.4 Å². The summed E-state index contributed by atoms with van der Waals surface area (Å²) in [6.45, 7) is 7.81. The highest BCUT2D eigenvalue weighted by Crippen LogP contribution is 2.11. The van der Waals surface area contributed by atoms with Crippen molar-refractivity contribution >= 4 is 5.91 Å². The van der Waals surface area contributed by atoms with E-state index in [1.807, 2.05) is 13.8 Å². The fourth-order valence-corrected chi connectivity index (χ4v) is 1.71. The minimum atomic E-state index is -0.282. The normalized spacial score (nSPS) is 11.1. The SMILES string of the molecule is Cc1nc(C)c(C(=O)NCCc2noc(C(C)C)n2)o1. The van der Waals surface area contributed by atoms with Crippen molar-refractivity contribution in [2.24, 2.45) is 0 Å². The van der Waals surface area contributed by atoms with E-state index < -0.39 is 0 Å². The molecule has 0 fully saturated rings. The minimum Gasteiger partial charge on any atom is -0.436 e. The Morgan fingerprint density at radius 3 is 2.60 bits per heavy atom. The zero-order chi connectivity index (χ0) is 14.7. The molecule has 2 rings (SSSR count). The molecule has 7 nitrogen and oxygen atoms in total. The number of hydrogen-bond acceptors (Lipinski definition) is 6. The average molecular weight is 278 g/mol. The van der Waals surface area contributed by atoms with Crippen molar-refractivity contribution in [3.05, 3.63) is 29.1 Å². The highest BCUT2D eigenvalue weighted by molar-refractivity contribution is 5.92. The number of nitrogens with zero attached hydrogens (tertiary/aromatic N) is 3. The van der Waals surface area contributed by atoms with Crippen LogP contribution in [-0.2, 0) is 6.42 Å². The van der Waals surface area contributed by atoms with Crippen LogP contribution in [-0.4, -0.2) is 27.6 Å². The standard InChI is InChI=1S/C13H18N4O3/c1-7(2)13-16-10(17-20-13)5-6-14-12(18)11-8(3)15-9(4)19-11/h7H,5-6H2,1-4H3,(H,14,18). The van der Waals surface area contributed by atoms with Crippen LogP contribution in [0, 0.1) is 13.8 Å². The quantitative estimate of drug-likeness (QED) is 0.895. The lowest BCUT2D eigenvalue weighted by Crippen LogP contribution is -2.26. The van der Waals surface area contributed by atoms with E-state index in [2.05, 4.69) is 20.4 Å². The summed E-state index contributed by atoms with van der Waals surface area (Å²) in [4.78, 5) is 20.2. The van der Waals surface area contributed by atoms with Crippen LogP contribution in [0.5, 0.6) is 0 Å². The molecular weight excluding hydrogens is 260 g/mol. The first kappa shape index (κ1) is 14.2. The number of carbonyl (C=O) groups is 1. The van der Waals surface area contributed by atoms with Gasteiger partial charge in [-0.2, -0.15) is 4.98 Å². The molecular formula is C13H18N4O3. The third-order valence-corrected chi connectivity index (χ3v) is 2.72. The van der Waals surface area contributed by atoms with E-state index in [0.29, 0.717) is 36.3 Å². The van der Waals surface area contributed by atoms with Gasteiger partial charge in [-0.1, -0.05) is 19.0 Å². The molecule has 0 aromatic carbocycles. The van der Waals surface area contributed by atoms with E-state index in [9.17, 15) is 4.79 Å². The van der Waals surface area contributed by atoms with Gasteiger partial charge < -0.3 is 14.3 Å². The molecule has 0 aliphatic rings. The van der Waals surface area contributed by atoms with E-state index in [0.717, 1.165) is 0 Å². The van der Waals surface area contributed by atoms with Crippen molar-refractivity contribution in [2.45, 2.75) is 40.0 Å². The summed E-state index contributed by atoms with van der Waals surface area (Å²) in [5, 5.41) is 6.60. The number of amides is 1. The first-order valence-corrected chi connectivity index (χ1v) is 6.52. The maximum atomic E-state index is 11.9. The average Bonchev–Trinajstić information content (AvgIpc) is 2.96. The lowest BCUT2D eigenvalue weighted by molar-refractivity contribution is 0.0924. The Morgan fingerprint density at radius 2 is 2.05 bits per heavy atom. The Hall–Kier alpha value is -2.18. The predicted octanol–water partition coefficient (Wildman–Crippen LogP) is 1.77.